The third-order valence-electron chi connectivity index (χ3n) is 1.76. The number of aldehydes is 1. The molecule has 3 heteroatoms. The average molecular weight is 252 g/mol. The first-order valence-corrected chi connectivity index (χ1v) is 3.85. The number of carbonyl (C=O) groups excluding carboxylic acids is 1. The van der Waals surface area contributed by atoms with Crippen molar-refractivity contribution >= 4 is 6.29 Å². The van der Waals surface area contributed by atoms with Crippen molar-refractivity contribution in [2.45, 2.75) is 13.0 Å². The van der Waals surface area contributed by atoms with Gasteiger partial charge in [0.15, 0.2) is 0 Å². The Bertz CT molecular complexity index is 248. The average Bonchev–Trinajstić information content (AvgIpc) is 2.17. The molecule has 1 N–H and O–H groups in total. The van der Waals surface area contributed by atoms with Gasteiger partial charge in [-0.2, -0.15) is 30.3 Å². The number of carbonyl (C=O) groups is 1. The maximum absolute atomic E-state index is 10.3. The van der Waals surface area contributed by atoms with Gasteiger partial charge in [-0.3, -0.25) is 0 Å². The zero-order valence-corrected chi connectivity index (χ0v) is 10.3. The zero-order valence-electron chi connectivity index (χ0n) is 7.47. The summed E-state index contributed by atoms with van der Waals surface area (Å²) in [5.74, 6) is -0.372. The minimum atomic E-state index is -0.733. The molecule has 0 spiro atoms. The van der Waals surface area contributed by atoms with Crippen LogP contribution in [0, 0.1) is 12.0 Å². The maximum atomic E-state index is 10.3. The van der Waals surface area contributed by atoms with Crippen LogP contribution in [0.5, 0.6) is 0 Å². The SMILES string of the molecule is C[C@@H](C=O)[C@@H](O)c1[c-]cccc1.[Y]. The van der Waals surface area contributed by atoms with Gasteiger partial charge in [0.25, 0.3) is 0 Å². The molecule has 1 aromatic carbocycles. The van der Waals surface area contributed by atoms with Gasteiger partial charge in [0.05, 0.1) is 6.10 Å². The van der Waals surface area contributed by atoms with Crippen molar-refractivity contribution in [3.63, 3.8) is 0 Å². The summed E-state index contributed by atoms with van der Waals surface area (Å²) in [6.45, 7) is 1.68. The van der Waals surface area contributed by atoms with Crippen molar-refractivity contribution in [1.82, 2.24) is 0 Å². The van der Waals surface area contributed by atoms with Crippen molar-refractivity contribution in [2.75, 3.05) is 0 Å². The summed E-state index contributed by atoms with van der Waals surface area (Å²) in [7, 11) is 0. The van der Waals surface area contributed by atoms with Crippen molar-refractivity contribution in [3.05, 3.63) is 35.9 Å². The van der Waals surface area contributed by atoms with Gasteiger partial charge in [0.2, 0.25) is 0 Å². The van der Waals surface area contributed by atoms with Crippen molar-refractivity contribution in [1.29, 1.82) is 0 Å². The molecule has 67 valence electrons. The molecule has 0 aliphatic heterocycles. The second-order valence-electron chi connectivity index (χ2n) is 2.76. The Balaban J connectivity index is 0.00000144. The van der Waals surface area contributed by atoms with Gasteiger partial charge in [-0.1, -0.05) is 6.92 Å². The molecule has 2 nitrogen and oxygen atoms in total. The third-order valence-corrected chi connectivity index (χ3v) is 1.76. The normalized spacial score (nSPS) is 14.0. The van der Waals surface area contributed by atoms with Crippen molar-refractivity contribution < 1.29 is 42.6 Å². The fourth-order valence-electron chi connectivity index (χ4n) is 0.949. The molecule has 0 fully saturated rings. The van der Waals surface area contributed by atoms with E-state index in [-0.39, 0.29) is 38.6 Å². The summed E-state index contributed by atoms with van der Waals surface area (Å²) in [5.41, 5.74) is 0.664. The van der Waals surface area contributed by atoms with Crippen LogP contribution in [0.15, 0.2) is 24.3 Å². The molecular weight excluding hydrogens is 241 g/mol. The van der Waals surface area contributed by atoms with E-state index in [0.29, 0.717) is 5.56 Å². The second kappa shape index (κ2) is 6.41. The topological polar surface area (TPSA) is 37.3 Å². The largest absolute Gasteiger partial charge is 0.390 e. The Morgan fingerprint density at radius 1 is 1.54 bits per heavy atom. The van der Waals surface area contributed by atoms with E-state index in [1.54, 1.807) is 19.1 Å². The Morgan fingerprint density at radius 2 is 2.23 bits per heavy atom. The summed E-state index contributed by atoms with van der Waals surface area (Å²) in [6.07, 6.45) is 0.00889. The molecule has 0 heterocycles. The molecule has 1 radical (unpaired) electrons. The summed E-state index contributed by atoms with van der Waals surface area (Å²) < 4.78 is 0. The van der Waals surface area contributed by atoms with Crippen molar-refractivity contribution in [2.24, 2.45) is 5.92 Å². The van der Waals surface area contributed by atoms with Crippen LogP contribution in [-0.4, -0.2) is 11.4 Å². The van der Waals surface area contributed by atoms with Crippen LogP contribution in [0.4, 0.5) is 0 Å². The number of aliphatic hydroxyl groups is 1. The summed E-state index contributed by atoms with van der Waals surface area (Å²) in [4.78, 5) is 10.3. The summed E-state index contributed by atoms with van der Waals surface area (Å²) in [5, 5.41) is 9.53. The van der Waals surface area contributed by atoms with E-state index in [1.165, 1.54) is 0 Å². The minimum Gasteiger partial charge on any atom is -0.390 e. The van der Waals surface area contributed by atoms with Gasteiger partial charge in [0.1, 0.15) is 6.29 Å². The maximum Gasteiger partial charge on any atom is 0.125 e. The van der Waals surface area contributed by atoms with E-state index in [9.17, 15) is 9.90 Å². The fraction of sp³-hybridized carbons (Fsp3) is 0.300. The van der Waals surface area contributed by atoms with Gasteiger partial charge in [-0.15, -0.1) is 5.56 Å². The van der Waals surface area contributed by atoms with Crippen LogP contribution < -0.4 is 0 Å². The van der Waals surface area contributed by atoms with Gasteiger partial charge in [0, 0.05) is 38.6 Å². The van der Waals surface area contributed by atoms with Gasteiger partial charge in [-0.05, 0) is 0 Å². The smallest absolute Gasteiger partial charge is 0.125 e. The number of hydrogen-bond acceptors (Lipinski definition) is 2. The number of benzene rings is 1. The van der Waals surface area contributed by atoms with Gasteiger partial charge in [-0.25, -0.2) is 0 Å². The fourth-order valence-corrected chi connectivity index (χ4v) is 0.949. The van der Waals surface area contributed by atoms with E-state index in [0.717, 1.165) is 6.29 Å². The molecule has 0 saturated heterocycles. The quantitative estimate of drug-likeness (QED) is 0.651. The monoisotopic (exact) mass is 252 g/mol. The van der Waals surface area contributed by atoms with Crippen LogP contribution in [0.25, 0.3) is 0 Å². The molecule has 2 atom stereocenters. The van der Waals surface area contributed by atoms with E-state index >= 15 is 0 Å². The summed E-state index contributed by atoms with van der Waals surface area (Å²) >= 11 is 0. The van der Waals surface area contributed by atoms with Crippen LogP contribution in [0.1, 0.15) is 18.6 Å². The molecule has 0 amide bonds. The van der Waals surface area contributed by atoms with E-state index in [1.807, 2.05) is 12.1 Å². The molecule has 0 aliphatic carbocycles. The molecule has 13 heavy (non-hydrogen) atoms. The third kappa shape index (κ3) is 3.67. The van der Waals surface area contributed by atoms with E-state index in [4.69, 9.17) is 0 Å². The first-order valence-electron chi connectivity index (χ1n) is 3.85. The Labute approximate surface area is 103 Å². The zero-order chi connectivity index (χ0) is 8.97. The molecule has 0 aromatic heterocycles. The van der Waals surface area contributed by atoms with Crippen LogP contribution >= 0.6 is 0 Å². The second-order valence-corrected chi connectivity index (χ2v) is 2.76. The Morgan fingerprint density at radius 3 is 2.69 bits per heavy atom. The van der Waals surface area contributed by atoms with E-state index in [2.05, 4.69) is 6.07 Å². The van der Waals surface area contributed by atoms with E-state index < -0.39 is 6.10 Å². The Hall–Kier alpha value is -0.0461. The number of hydrogen-bond donors (Lipinski definition) is 1. The molecule has 0 saturated carbocycles. The minimum absolute atomic E-state index is 0. The standard InChI is InChI=1S/C10H11O2.Y/c1-8(7-11)10(12)9-5-3-2-4-6-9;/h2-5,7-8,10,12H,1H3;/q-1;/t8-,10+;/m0./s1. The van der Waals surface area contributed by atoms with Crippen molar-refractivity contribution in [3.8, 4) is 0 Å². The predicted molar refractivity (Wildman–Crippen MR) is 45.5 cm³/mol. The molecule has 0 unspecified atom stereocenters. The van der Waals surface area contributed by atoms with Gasteiger partial charge >= 0.3 is 0 Å². The molecule has 0 bridgehead atoms. The van der Waals surface area contributed by atoms with Crippen LogP contribution in [0.2, 0.25) is 0 Å². The predicted octanol–water partition coefficient (Wildman–Crippen LogP) is 1.35. The number of aliphatic hydroxyl groups excluding tert-OH is 1. The molecule has 0 aliphatic rings. The van der Waals surface area contributed by atoms with Crippen LogP contribution in [0.3, 0.4) is 0 Å². The first-order chi connectivity index (χ1) is 5.75. The Kier molecular flexibility index (Phi) is 6.39. The molecular formula is C10H11O2Y-. The molecule has 1 aromatic rings. The van der Waals surface area contributed by atoms with Crippen LogP contribution in [-0.2, 0) is 37.5 Å². The number of rotatable bonds is 3. The molecule has 1 rings (SSSR count). The first kappa shape index (κ1) is 13.0. The summed E-state index contributed by atoms with van der Waals surface area (Å²) in [6, 6.07) is 9.98. The van der Waals surface area contributed by atoms with Gasteiger partial charge < -0.3 is 9.90 Å².